The highest BCUT2D eigenvalue weighted by Gasteiger charge is 2.29. The van der Waals surface area contributed by atoms with Gasteiger partial charge in [-0.15, -0.1) is 0 Å². The first-order chi connectivity index (χ1) is 18.0. The minimum atomic E-state index is -3.95. The third-order valence-electron chi connectivity index (χ3n) is 6.06. The zero-order valence-corrected chi connectivity index (χ0v) is 22.4. The van der Waals surface area contributed by atoms with Crippen molar-refractivity contribution < 1.29 is 26.7 Å². The minimum Gasteiger partial charge on any atom is -0.495 e. The van der Waals surface area contributed by atoms with Gasteiger partial charge in [0.2, 0.25) is 10.0 Å². The van der Waals surface area contributed by atoms with Crippen molar-refractivity contribution in [1.29, 1.82) is 0 Å². The summed E-state index contributed by atoms with van der Waals surface area (Å²) in [5.74, 6) is -2.25. The molecule has 38 heavy (non-hydrogen) atoms. The van der Waals surface area contributed by atoms with Gasteiger partial charge in [0.05, 0.1) is 18.4 Å². The number of aryl methyl sites for hydroxylation is 2. The van der Waals surface area contributed by atoms with E-state index in [1.807, 2.05) is 0 Å². The largest absolute Gasteiger partial charge is 0.495 e. The number of hydrogen-bond donors (Lipinski definition) is 1. The lowest BCUT2D eigenvalue weighted by atomic mass is 10.0. The molecule has 12 heteroatoms. The molecule has 0 saturated carbocycles. The molecule has 2 aromatic heterocycles. The van der Waals surface area contributed by atoms with E-state index in [0.717, 1.165) is 18.2 Å². The Balaban J connectivity index is 1.97. The normalized spacial score (nSPS) is 11.8. The van der Waals surface area contributed by atoms with E-state index in [-0.39, 0.29) is 40.7 Å². The molecular weight excluding hydrogens is 516 g/mol. The van der Waals surface area contributed by atoms with E-state index in [2.05, 4.69) is 15.4 Å². The summed E-state index contributed by atoms with van der Waals surface area (Å²) in [6.45, 7) is 7.50. The lowest BCUT2D eigenvalue weighted by Gasteiger charge is -2.20. The monoisotopic (exact) mass is 543 g/mol. The summed E-state index contributed by atoms with van der Waals surface area (Å²) in [4.78, 5) is 17.8. The summed E-state index contributed by atoms with van der Waals surface area (Å²) < 4.78 is 63.0. The number of carbonyl (C=O) groups is 1. The molecule has 2 heterocycles. The van der Waals surface area contributed by atoms with Crippen LogP contribution in [0.1, 0.15) is 35.7 Å². The van der Waals surface area contributed by atoms with E-state index in [4.69, 9.17) is 4.74 Å². The van der Waals surface area contributed by atoms with E-state index in [1.54, 1.807) is 39.8 Å². The van der Waals surface area contributed by atoms with Gasteiger partial charge in [0.15, 0.2) is 11.3 Å². The van der Waals surface area contributed by atoms with Gasteiger partial charge in [-0.3, -0.25) is 4.79 Å². The van der Waals surface area contributed by atoms with Crippen LogP contribution in [0.3, 0.4) is 0 Å². The van der Waals surface area contributed by atoms with Gasteiger partial charge < -0.3 is 10.1 Å². The highest BCUT2D eigenvalue weighted by molar-refractivity contribution is 7.89. The maximum absolute atomic E-state index is 14.3. The van der Waals surface area contributed by atoms with Crippen LogP contribution in [-0.4, -0.2) is 53.4 Å². The first-order valence-electron chi connectivity index (χ1n) is 11.8. The molecule has 0 spiro atoms. The van der Waals surface area contributed by atoms with Gasteiger partial charge in [-0.25, -0.2) is 26.7 Å². The van der Waals surface area contributed by atoms with Crippen LogP contribution in [0.15, 0.2) is 47.4 Å². The third-order valence-corrected chi connectivity index (χ3v) is 8.13. The van der Waals surface area contributed by atoms with Gasteiger partial charge in [-0.1, -0.05) is 19.9 Å². The summed E-state index contributed by atoms with van der Waals surface area (Å²) in [6, 6.07) is 8.95. The molecule has 2 aromatic carbocycles. The minimum absolute atomic E-state index is 0.0903. The molecule has 200 valence electrons. The fraction of sp³-hybridized carbons (Fsp3) is 0.269. The van der Waals surface area contributed by atoms with Crippen LogP contribution in [0.4, 0.5) is 14.5 Å². The van der Waals surface area contributed by atoms with Crippen molar-refractivity contribution in [2.24, 2.45) is 0 Å². The number of nitrogens with zero attached hydrogens (tertiary/aromatic N) is 4. The van der Waals surface area contributed by atoms with Gasteiger partial charge >= 0.3 is 0 Å². The van der Waals surface area contributed by atoms with Gasteiger partial charge in [0, 0.05) is 30.5 Å². The van der Waals surface area contributed by atoms with Crippen LogP contribution >= 0.6 is 0 Å². The molecule has 0 aliphatic rings. The Morgan fingerprint density at radius 2 is 1.79 bits per heavy atom. The van der Waals surface area contributed by atoms with Crippen LogP contribution in [0.2, 0.25) is 0 Å². The topological polar surface area (TPSA) is 106 Å². The molecule has 0 fully saturated rings. The standard InChI is InChI=1S/C26H27F2N5O4S/c1-6-32(7-2)38(35,36)22-13-17(8-11-21(22)37-5)23-24(31-33-16(4)12-15(3)29-25(23)33)26(34)30-20-14-18(27)9-10-19(20)28/h8-14H,6-7H2,1-5H3,(H,30,34). The number of sulfonamides is 1. The number of nitrogens with one attached hydrogen (secondary N) is 1. The number of carbonyl (C=O) groups excluding carboxylic acids is 1. The Bertz CT molecular complexity index is 1650. The van der Waals surface area contributed by atoms with Crippen molar-refractivity contribution in [3.63, 3.8) is 0 Å². The Labute approximate surface area is 219 Å². The summed E-state index contributed by atoms with van der Waals surface area (Å²) in [5, 5.41) is 6.78. The Hall–Kier alpha value is -3.90. The fourth-order valence-electron chi connectivity index (χ4n) is 4.26. The lowest BCUT2D eigenvalue weighted by molar-refractivity contribution is 0.102. The van der Waals surface area contributed by atoms with Gasteiger partial charge in [0.25, 0.3) is 5.91 Å². The fourth-order valence-corrected chi connectivity index (χ4v) is 5.90. The SMILES string of the molecule is CCN(CC)S(=O)(=O)c1cc(-c2c(C(=O)Nc3cc(F)ccc3F)nn3c(C)cc(C)nc23)ccc1OC. The Morgan fingerprint density at radius 1 is 1.08 bits per heavy atom. The zero-order chi connectivity index (χ0) is 27.8. The zero-order valence-electron chi connectivity index (χ0n) is 21.5. The van der Waals surface area contributed by atoms with Crippen LogP contribution < -0.4 is 10.1 Å². The number of aromatic nitrogens is 3. The number of halogens is 2. The molecule has 4 rings (SSSR count). The molecule has 0 aliphatic heterocycles. The quantitative estimate of drug-likeness (QED) is 0.349. The molecular formula is C26H27F2N5O4S. The maximum atomic E-state index is 14.3. The van der Waals surface area contributed by atoms with E-state index in [9.17, 15) is 22.0 Å². The first-order valence-corrected chi connectivity index (χ1v) is 13.3. The van der Waals surface area contributed by atoms with Crippen molar-refractivity contribution in [1.82, 2.24) is 18.9 Å². The highest BCUT2D eigenvalue weighted by atomic mass is 32.2. The van der Waals surface area contributed by atoms with E-state index in [0.29, 0.717) is 22.6 Å². The number of rotatable bonds is 8. The summed E-state index contributed by atoms with van der Waals surface area (Å²) in [5.41, 5.74) is 1.64. The molecule has 0 atom stereocenters. The van der Waals surface area contributed by atoms with Gasteiger partial charge in [0.1, 0.15) is 22.3 Å². The smallest absolute Gasteiger partial charge is 0.276 e. The highest BCUT2D eigenvalue weighted by Crippen LogP contribution is 2.35. The van der Waals surface area contributed by atoms with Gasteiger partial charge in [-0.2, -0.15) is 9.40 Å². The molecule has 0 radical (unpaired) electrons. The number of anilines is 1. The second kappa shape index (κ2) is 10.5. The Morgan fingerprint density at radius 3 is 2.45 bits per heavy atom. The van der Waals surface area contributed by atoms with Crippen LogP contribution in [0.25, 0.3) is 16.8 Å². The predicted octanol–water partition coefficient (Wildman–Crippen LogP) is 4.58. The van der Waals surface area contributed by atoms with E-state index in [1.165, 1.54) is 28.1 Å². The number of amides is 1. The molecule has 0 aliphatic carbocycles. The summed E-state index contributed by atoms with van der Waals surface area (Å²) in [6.07, 6.45) is 0. The molecule has 9 nitrogen and oxygen atoms in total. The van der Waals surface area contributed by atoms with Crippen LogP contribution in [-0.2, 0) is 10.0 Å². The van der Waals surface area contributed by atoms with Gasteiger partial charge in [-0.05, 0) is 49.7 Å². The number of hydrogen-bond acceptors (Lipinski definition) is 6. The number of ether oxygens (including phenoxy) is 1. The van der Waals surface area contributed by atoms with Crippen molar-refractivity contribution >= 4 is 27.3 Å². The maximum Gasteiger partial charge on any atom is 0.276 e. The molecule has 0 bridgehead atoms. The second-order valence-electron chi connectivity index (χ2n) is 8.53. The van der Waals surface area contributed by atoms with Crippen molar-refractivity contribution in [3.05, 3.63) is 71.2 Å². The molecule has 0 saturated heterocycles. The van der Waals surface area contributed by atoms with E-state index >= 15 is 0 Å². The van der Waals surface area contributed by atoms with Crippen LogP contribution in [0, 0.1) is 25.5 Å². The Kier molecular flexibility index (Phi) is 7.47. The molecule has 4 aromatic rings. The lowest BCUT2D eigenvalue weighted by Crippen LogP contribution is -2.30. The molecule has 0 unspecified atom stereocenters. The van der Waals surface area contributed by atoms with Crippen molar-refractivity contribution in [2.75, 3.05) is 25.5 Å². The average Bonchev–Trinajstić information content (AvgIpc) is 3.26. The first kappa shape index (κ1) is 27.1. The molecule has 1 amide bonds. The average molecular weight is 544 g/mol. The molecule has 1 N–H and O–H groups in total. The number of fused-ring (bicyclic) bond motifs is 1. The number of benzene rings is 2. The van der Waals surface area contributed by atoms with Crippen molar-refractivity contribution in [3.8, 4) is 16.9 Å². The summed E-state index contributed by atoms with van der Waals surface area (Å²) in [7, 11) is -2.58. The van der Waals surface area contributed by atoms with Crippen LogP contribution in [0.5, 0.6) is 5.75 Å². The van der Waals surface area contributed by atoms with Crippen molar-refractivity contribution in [2.45, 2.75) is 32.6 Å². The third kappa shape index (κ3) is 4.84. The second-order valence-corrected chi connectivity index (χ2v) is 10.4. The predicted molar refractivity (Wildman–Crippen MR) is 139 cm³/mol. The summed E-state index contributed by atoms with van der Waals surface area (Å²) >= 11 is 0. The van der Waals surface area contributed by atoms with E-state index < -0.39 is 27.6 Å². The number of methoxy groups -OCH3 is 1.